The Kier molecular flexibility index (Phi) is 4.87. The first kappa shape index (κ1) is 21.2. The van der Waals surface area contributed by atoms with Gasteiger partial charge in [0, 0.05) is 17.1 Å². The second kappa shape index (κ2) is 8.52. The molecule has 0 bridgehead atoms. The molecule has 172 valence electrons. The van der Waals surface area contributed by atoms with Gasteiger partial charge in [-0.3, -0.25) is 0 Å². The number of nitrogens with zero attached hydrogens (tertiary/aromatic N) is 2. The lowest BCUT2D eigenvalue weighted by Crippen LogP contribution is -2.09. The summed E-state index contributed by atoms with van der Waals surface area (Å²) in [5, 5.41) is 12.1. The largest absolute Gasteiger partial charge is 0.310 e. The molecular weight excluding hydrogens is 448 g/mol. The minimum atomic E-state index is 0.643. The smallest absolute Gasteiger partial charge is 0.0992 e. The van der Waals surface area contributed by atoms with Crippen LogP contribution in [-0.4, -0.2) is 0 Å². The van der Waals surface area contributed by atoms with Crippen molar-refractivity contribution in [2.75, 3.05) is 4.90 Å². The van der Waals surface area contributed by atoms with E-state index in [2.05, 4.69) is 102 Å². The molecule has 0 saturated heterocycles. The Morgan fingerprint density at radius 1 is 0.459 bits per heavy atom. The van der Waals surface area contributed by atoms with Crippen molar-refractivity contribution in [2.45, 2.75) is 0 Å². The maximum atomic E-state index is 9.47. The Balaban J connectivity index is 1.34. The van der Waals surface area contributed by atoms with Crippen molar-refractivity contribution >= 4 is 27.8 Å². The Morgan fingerprint density at radius 2 is 1.05 bits per heavy atom. The topological polar surface area (TPSA) is 27.0 Å². The number of para-hydroxylation sites is 1. The predicted molar refractivity (Wildman–Crippen MR) is 153 cm³/mol. The van der Waals surface area contributed by atoms with Gasteiger partial charge in [0.2, 0.25) is 0 Å². The summed E-state index contributed by atoms with van der Waals surface area (Å²) in [7, 11) is 0. The Bertz CT molecular complexity index is 1800. The van der Waals surface area contributed by atoms with E-state index < -0.39 is 0 Å². The Hall–Kier alpha value is -5.13. The summed E-state index contributed by atoms with van der Waals surface area (Å²) in [5.74, 6) is 0. The van der Waals surface area contributed by atoms with E-state index in [0.29, 0.717) is 5.56 Å². The van der Waals surface area contributed by atoms with Gasteiger partial charge in [-0.05, 0) is 86.6 Å². The molecule has 0 fully saturated rings. The molecule has 1 aliphatic rings. The minimum absolute atomic E-state index is 0.643. The number of rotatable bonds is 4. The third kappa shape index (κ3) is 3.41. The molecule has 7 rings (SSSR count). The fourth-order valence-corrected chi connectivity index (χ4v) is 5.59. The van der Waals surface area contributed by atoms with Gasteiger partial charge in [0.05, 0.1) is 11.6 Å². The number of nitriles is 1. The van der Waals surface area contributed by atoms with E-state index in [-0.39, 0.29) is 0 Å². The third-order valence-electron chi connectivity index (χ3n) is 7.23. The molecule has 0 amide bonds. The summed E-state index contributed by atoms with van der Waals surface area (Å²) >= 11 is 0. The standard InChI is InChI=1S/C35H22N2/c36-23-24-8-6-11-28(22-24)37(26-9-2-1-3-10-26)27-18-16-25(17-19-27)29-20-21-34-31-13-5-4-12-30(31)33-15-7-14-32(29)35(33)34/h1-22H. The summed E-state index contributed by atoms with van der Waals surface area (Å²) in [6, 6.07) is 48.9. The van der Waals surface area contributed by atoms with Crippen molar-refractivity contribution in [3.63, 3.8) is 0 Å². The molecule has 6 aromatic carbocycles. The molecule has 0 atom stereocenters. The van der Waals surface area contributed by atoms with Crippen molar-refractivity contribution in [1.29, 1.82) is 5.26 Å². The molecule has 0 radical (unpaired) electrons. The Labute approximate surface area is 216 Å². The van der Waals surface area contributed by atoms with E-state index in [1.54, 1.807) is 0 Å². The van der Waals surface area contributed by atoms with Crippen LogP contribution >= 0.6 is 0 Å². The van der Waals surface area contributed by atoms with Crippen LogP contribution in [0.5, 0.6) is 0 Å². The van der Waals surface area contributed by atoms with Crippen molar-refractivity contribution in [3.05, 3.63) is 139 Å². The summed E-state index contributed by atoms with van der Waals surface area (Å²) in [5.41, 5.74) is 11.4. The predicted octanol–water partition coefficient (Wildman–Crippen LogP) is 9.50. The van der Waals surface area contributed by atoms with Gasteiger partial charge >= 0.3 is 0 Å². The number of hydrogen-bond donors (Lipinski definition) is 0. The zero-order chi connectivity index (χ0) is 24.8. The first-order valence-electron chi connectivity index (χ1n) is 12.4. The molecule has 0 unspecified atom stereocenters. The monoisotopic (exact) mass is 470 g/mol. The summed E-state index contributed by atoms with van der Waals surface area (Å²) in [6.45, 7) is 0. The minimum Gasteiger partial charge on any atom is -0.310 e. The van der Waals surface area contributed by atoms with Crippen LogP contribution in [0.15, 0.2) is 133 Å². The van der Waals surface area contributed by atoms with Crippen LogP contribution in [0, 0.1) is 11.3 Å². The van der Waals surface area contributed by atoms with Crippen LogP contribution < -0.4 is 4.90 Å². The maximum absolute atomic E-state index is 9.47. The number of fused-ring (bicyclic) bond motifs is 3. The van der Waals surface area contributed by atoms with Gasteiger partial charge in [-0.2, -0.15) is 5.26 Å². The first-order chi connectivity index (χ1) is 18.3. The van der Waals surface area contributed by atoms with E-state index >= 15 is 0 Å². The van der Waals surface area contributed by atoms with Crippen LogP contribution in [0.1, 0.15) is 5.56 Å². The SMILES string of the molecule is N#Cc1cccc(N(c2ccccc2)c2ccc(-c3ccc4c5c(cccc35)-c3ccccc3-4)cc2)c1. The van der Waals surface area contributed by atoms with Gasteiger partial charge in [-0.25, -0.2) is 0 Å². The summed E-state index contributed by atoms with van der Waals surface area (Å²) in [4.78, 5) is 2.19. The number of hydrogen-bond acceptors (Lipinski definition) is 2. The molecule has 0 N–H and O–H groups in total. The molecule has 2 nitrogen and oxygen atoms in total. The molecule has 0 aliphatic heterocycles. The quantitative estimate of drug-likeness (QED) is 0.256. The average molecular weight is 471 g/mol. The van der Waals surface area contributed by atoms with Crippen LogP contribution in [0.2, 0.25) is 0 Å². The summed E-state index contributed by atoms with van der Waals surface area (Å²) in [6.07, 6.45) is 0. The van der Waals surface area contributed by atoms with Crippen molar-refractivity contribution in [3.8, 4) is 39.4 Å². The highest BCUT2D eigenvalue weighted by Crippen LogP contribution is 2.49. The first-order valence-corrected chi connectivity index (χ1v) is 12.4. The third-order valence-corrected chi connectivity index (χ3v) is 7.23. The molecular formula is C35H22N2. The number of benzene rings is 6. The fourth-order valence-electron chi connectivity index (χ4n) is 5.59. The van der Waals surface area contributed by atoms with Crippen LogP contribution in [0.25, 0.3) is 44.2 Å². The normalized spacial score (nSPS) is 11.2. The second-order valence-electron chi connectivity index (χ2n) is 9.31. The van der Waals surface area contributed by atoms with Crippen molar-refractivity contribution in [2.24, 2.45) is 0 Å². The fraction of sp³-hybridized carbons (Fsp3) is 0. The van der Waals surface area contributed by atoms with Crippen molar-refractivity contribution in [1.82, 2.24) is 0 Å². The van der Waals surface area contributed by atoms with E-state index in [9.17, 15) is 5.26 Å². The van der Waals surface area contributed by atoms with Crippen LogP contribution in [0.3, 0.4) is 0 Å². The number of anilines is 3. The lowest BCUT2D eigenvalue weighted by molar-refractivity contribution is 1.28. The molecule has 6 aromatic rings. The zero-order valence-electron chi connectivity index (χ0n) is 20.1. The lowest BCUT2D eigenvalue weighted by atomic mass is 9.94. The van der Waals surface area contributed by atoms with Crippen molar-refractivity contribution < 1.29 is 0 Å². The zero-order valence-corrected chi connectivity index (χ0v) is 20.1. The molecule has 0 aromatic heterocycles. The van der Waals surface area contributed by atoms with Gasteiger partial charge in [0.25, 0.3) is 0 Å². The highest BCUT2D eigenvalue weighted by atomic mass is 15.1. The maximum Gasteiger partial charge on any atom is 0.0992 e. The molecule has 1 aliphatic carbocycles. The van der Waals surface area contributed by atoms with E-state index in [1.165, 1.54) is 44.2 Å². The second-order valence-corrected chi connectivity index (χ2v) is 9.31. The van der Waals surface area contributed by atoms with Gasteiger partial charge in [0.1, 0.15) is 0 Å². The van der Waals surface area contributed by atoms with E-state index in [1.807, 2.05) is 42.5 Å². The molecule has 0 saturated carbocycles. The Morgan fingerprint density at radius 3 is 1.81 bits per heavy atom. The summed E-state index contributed by atoms with van der Waals surface area (Å²) < 4.78 is 0. The lowest BCUT2D eigenvalue weighted by Gasteiger charge is -2.25. The highest BCUT2D eigenvalue weighted by Gasteiger charge is 2.22. The molecule has 2 heteroatoms. The molecule has 37 heavy (non-hydrogen) atoms. The molecule has 0 spiro atoms. The van der Waals surface area contributed by atoms with E-state index in [0.717, 1.165) is 17.1 Å². The molecule has 0 heterocycles. The highest BCUT2D eigenvalue weighted by molar-refractivity contribution is 6.18. The van der Waals surface area contributed by atoms with Gasteiger partial charge in [-0.1, -0.05) is 91.0 Å². The van der Waals surface area contributed by atoms with Crippen LogP contribution in [0.4, 0.5) is 17.1 Å². The van der Waals surface area contributed by atoms with E-state index in [4.69, 9.17) is 0 Å². The van der Waals surface area contributed by atoms with Gasteiger partial charge < -0.3 is 4.90 Å². The van der Waals surface area contributed by atoms with Crippen LogP contribution in [-0.2, 0) is 0 Å². The average Bonchev–Trinajstić information content (AvgIpc) is 3.30. The van der Waals surface area contributed by atoms with Gasteiger partial charge in [0.15, 0.2) is 0 Å². The van der Waals surface area contributed by atoms with Gasteiger partial charge in [-0.15, -0.1) is 0 Å².